The maximum atomic E-state index is 12.4. The normalized spacial score (nSPS) is 18.7. The standard InChI is InChI=1S/C20H19N3O7S3/c1-12(9-15-19(27)23(11-18(25)26)20(31)32-15)7-8-17-22(10-16(24)21-33(2,28)29)13-5-3-4-6-14(13)30-17/h3-9H,10-11H2,1-2H3,(H,21,24)(H,25,26). The van der Waals surface area contributed by atoms with Crippen molar-refractivity contribution in [3.05, 3.63) is 58.9 Å². The number of para-hydroxylation sites is 2. The molecule has 0 atom stereocenters. The molecule has 0 bridgehead atoms. The highest BCUT2D eigenvalue weighted by Crippen LogP contribution is 2.38. The first kappa shape index (κ1) is 24.5. The number of hydrogen-bond acceptors (Lipinski definition) is 9. The topological polar surface area (TPSA) is 133 Å². The maximum absolute atomic E-state index is 12.4. The molecule has 33 heavy (non-hydrogen) atoms. The Bertz CT molecular complexity index is 1240. The average Bonchev–Trinajstić information content (AvgIpc) is 3.17. The van der Waals surface area contributed by atoms with Crippen LogP contribution in [0.25, 0.3) is 0 Å². The van der Waals surface area contributed by atoms with E-state index in [1.165, 1.54) is 4.90 Å². The molecule has 2 heterocycles. The molecule has 13 heteroatoms. The van der Waals surface area contributed by atoms with E-state index in [2.05, 4.69) is 0 Å². The van der Waals surface area contributed by atoms with E-state index in [1.54, 1.807) is 49.4 Å². The monoisotopic (exact) mass is 509 g/mol. The third-order valence-electron chi connectivity index (χ3n) is 4.25. The van der Waals surface area contributed by atoms with Crippen molar-refractivity contribution in [2.45, 2.75) is 6.92 Å². The second-order valence-electron chi connectivity index (χ2n) is 7.03. The number of thioether (sulfide) groups is 1. The van der Waals surface area contributed by atoms with Gasteiger partial charge in [-0.3, -0.25) is 28.9 Å². The zero-order chi connectivity index (χ0) is 24.3. The lowest BCUT2D eigenvalue weighted by molar-refractivity contribution is -0.140. The van der Waals surface area contributed by atoms with E-state index in [0.717, 1.165) is 22.9 Å². The van der Waals surface area contributed by atoms with Crippen molar-refractivity contribution in [1.82, 2.24) is 9.62 Å². The number of thiocarbonyl (C=S) groups is 1. The van der Waals surface area contributed by atoms with Crippen molar-refractivity contribution < 1.29 is 32.6 Å². The van der Waals surface area contributed by atoms with Gasteiger partial charge in [0, 0.05) is 0 Å². The van der Waals surface area contributed by atoms with Crippen LogP contribution in [0.4, 0.5) is 5.69 Å². The van der Waals surface area contributed by atoms with Crippen molar-refractivity contribution >= 4 is 61.8 Å². The zero-order valence-corrected chi connectivity index (χ0v) is 19.9. The molecule has 0 radical (unpaired) electrons. The quantitative estimate of drug-likeness (QED) is 0.412. The average molecular weight is 510 g/mol. The van der Waals surface area contributed by atoms with E-state index in [9.17, 15) is 22.8 Å². The van der Waals surface area contributed by atoms with Gasteiger partial charge in [0.15, 0.2) is 5.75 Å². The van der Waals surface area contributed by atoms with Gasteiger partial charge in [0.1, 0.15) is 17.4 Å². The summed E-state index contributed by atoms with van der Waals surface area (Å²) in [5, 5.41) is 8.93. The number of sulfonamides is 1. The van der Waals surface area contributed by atoms with Crippen LogP contribution in [-0.4, -0.2) is 59.9 Å². The van der Waals surface area contributed by atoms with Crippen molar-refractivity contribution in [3.8, 4) is 5.75 Å². The Balaban J connectivity index is 1.82. The molecule has 2 amide bonds. The van der Waals surface area contributed by atoms with E-state index < -0.39 is 34.4 Å². The van der Waals surface area contributed by atoms with Crippen molar-refractivity contribution in [1.29, 1.82) is 0 Å². The fraction of sp³-hybridized carbons (Fsp3) is 0.200. The molecule has 0 unspecified atom stereocenters. The molecule has 1 aromatic rings. The third-order valence-corrected chi connectivity index (χ3v) is 6.23. The summed E-state index contributed by atoms with van der Waals surface area (Å²) in [6.07, 6.45) is 5.69. The molecule has 3 rings (SSSR count). The van der Waals surface area contributed by atoms with Gasteiger partial charge in [-0.25, -0.2) is 8.42 Å². The number of amides is 2. The third kappa shape index (κ3) is 6.21. The first-order valence-electron chi connectivity index (χ1n) is 9.35. The molecule has 1 saturated heterocycles. The number of nitrogens with one attached hydrogen (secondary N) is 1. The Hall–Kier alpha value is -3.16. The van der Waals surface area contributed by atoms with E-state index in [4.69, 9.17) is 22.1 Å². The Labute approximate surface area is 199 Å². The van der Waals surface area contributed by atoms with Gasteiger partial charge in [-0.2, -0.15) is 0 Å². The Morgan fingerprint density at radius 1 is 1.24 bits per heavy atom. The molecular formula is C20H19N3O7S3. The number of fused-ring (bicyclic) bond motifs is 1. The zero-order valence-electron chi connectivity index (χ0n) is 17.5. The second kappa shape index (κ2) is 9.77. The summed E-state index contributed by atoms with van der Waals surface area (Å²) < 4.78 is 30.6. The number of allylic oxidation sites excluding steroid dienone is 4. The predicted octanol–water partition coefficient (Wildman–Crippen LogP) is 1.58. The fourth-order valence-electron chi connectivity index (χ4n) is 2.95. The number of carboxylic acid groups (broad SMARTS) is 1. The van der Waals surface area contributed by atoms with Gasteiger partial charge in [-0.1, -0.05) is 42.2 Å². The number of carbonyl (C=O) groups excluding carboxylic acids is 2. The summed E-state index contributed by atoms with van der Waals surface area (Å²) in [5.74, 6) is -1.60. The van der Waals surface area contributed by atoms with Gasteiger partial charge in [0.25, 0.3) is 11.8 Å². The van der Waals surface area contributed by atoms with Crippen LogP contribution in [-0.2, 0) is 24.4 Å². The van der Waals surface area contributed by atoms with Crippen LogP contribution in [0.3, 0.4) is 0 Å². The fourth-order valence-corrected chi connectivity index (χ4v) is 4.73. The Morgan fingerprint density at radius 3 is 2.61 bits per heavy atom. The SMILES string of the molecule is CC(=CC=C1Oc2ccccc2N1CC(=O)NS(C)(=O)=O)C=C1SC(=S)N(CC(=O)O)C1=O. The lowest BCUT2D eigenvalue weighted by Crippen LogP contribution is -2.38. The summed E-state index contributed by atoms with van der Waals surface area (Å²) in [5.41, 5.74) is 1.23. The number of rotatable bonds is 7. The van der Waals surface area contributed by atoms with Gasteiger partial charge in [-0.15, -0.1) is 0 Å². The summed E-state index contributed by atoms with van der Waals surface area (Å²) in [4.78, 5) is 38.3. The number of anilines is 1. The molecule has 1 fully saturated rings. The highest BCUT2D eigenvalue weighted by molar-refractivity contribution is 8.26. The molecule has 0 aromatic heterocycles. The number of benzene rings is 1. The molecule has 0 aliphatic carbocycles. The predicted molar refractivity (Wildman–Crippen MR) is 127 cm³/mol. The van der Waals surface area contributed by atoms with E-state index in [0.29, 0.717) is 17.0 Å². The number of aliphatic carboxylic acids is 1. The van der Waals surface area contributed by atoms with E-state index in [-0.39, 0.29) is 21.7 Å². The van der Waals surface area contributed by atoms with Crippen LogP contribution in [0.5, 0.6) is 5.75 Å². The summed E-state index contributed by atoms with van der Waals surface area (Å²) in [6, 6.07) is 6.96. The second-order valence-corrected chi connectivity index (χ2v) is 10.5. The van der Waals surface area contributed by atoms with Gasteiger partial charge < -0.3 is 9.84 Å². The Morgan fingerprint density at radius 2 is 1.94 bits per heavy atom. The van der Waals surface area contributed by atoms with Crippen molar-refractivity contribution in [2.75, 3.05) is 24.2 Å². The molecule has 174 valence electrons. The van der Waals surface area contributed by atoms with Gasteiger partial charge >= 0.3 is 5.97 Å². The van der Waals surface area contributed by atoms with Gasteiger partial charge in [0.05, 0.1) is 16.8 Å². The lowest BCUT2D eigenvalue weighted by atomic mass is 10.2. The highest BCUT2D eigenvalue weighted by atomic mass is 32.2. The first-order valence-corrected chi connectivity index (χ1v) is 12.5. The number of ether oxygens (including phenoxy) is 1. The molecular weight excluding hydrogens is 490 g/mol. The molecule has 0 saturated carbocycles. The van der Waals surface area contributed by atoms with Crippen molar-refractivity contribution in [2.24, 2.45) is 0 Å². The minimum absolute atomic E-state index is 0.164. The molecule has 2 aliphatic rings. The smallest absolute Gasteiger partial charge is 0.323 e. The molecule has 0 spiro atoms. The van der Waals surface area contributed by atoms with Crippen LogP contribution < -0.4 is 14.4 Å². The van der Waals surface area contributed by atoms with Crippen LogP contribution >= 0.6 is 24.0 Å². The van der Waals surface area contributed by atoms with Gasteiger partial charge in [-0.05, 0) is 36.8 Å². The van der Waals surface area contributed by atoms with Crippen LogP contribution in [0.2, 0.25) is 0 Å². The molecule has 2 N–H and O–H groups in total. The molecule has 2 aliphatic heterocycles. The highest BCUT2D eigenvalue weighted by Gasteiger charge is 2.33. The van der Waals surface area contributed by atoms with Crippen LogP contribution in [0.15, 0.2) is 58.9 Å². The number of hydrogen-bond donors (Lipinski definition) is 2. The minimum Gasteiger partial charge on any atom is -0.480 e. The number of carbonyl (C=O) groups is 3. The van der Waals surface area contributed by atoms with Crippen LogP contribution in [0, 0.1) is 0 Å². The summed E-state index contributed by atoms with van der Waals surface area (Å²) in [7, 11) is -3.71. The maximum Gasteiger partial charge on any atom is 0.323 e. The van der Waals surface area contributed by atoms with Crippen molar-refractivity contribution in [3.63, 3.8) is 0 Å². The minimum atomic E-state index is -3.71. The lowest BCUT2D eigenvalue weighted by Gasteiger charge is -2.17. The Kier molecular flexibility index (Phi) is 7.25. The van der Waals surface area contributed by atoms with E-state index >= 15 is 0 Å². The number of carboxylic acids is 1. The van der Waals surface area contributed by atoms with Gasteiger partial charge in [0.2, 0.25) is 15.9 Å². The molecule has 1 aromatic carbocycles. The largest absolute Gasteiger partial charge is 0.480 e. The molecule has 10 nitrogen and oxygen atoms in total. The van der Waals surface area contributed by atoms with Crippen LogP contribution in [0.1, 0.15) is 6.92 Å². The summed E-state index contributed by atoms with van der Waals surface area (Å²) >= 11 is 6.08. The number of nitrogens with zero attached hydrogens (tertiary/aromatic N) is 2. The first-order chi connectivity index (χ1) is 15.4. The van der Waals surface area contributed by atoms with E-state index in [1.807, 2.05) is 4.72 Å². The summed E-state index contributed by atoms with van der Waals surface area (Å²) in [6.45, 7) is 0.922.